The van der Waals surface area contributed by atoms with E-state index in [1.807, 2.05) is 13.8 Å². The number of aliphatic hydroxyl groups excluding tert-OH is 1. The van der Waals surface area contributed by atoms with E-state index in [4.69, 9.17) is 22.1 Å². The molecule has 3 atom stereocenters. The monoisotopic (exact) mass is 491 g/mol. The summed E-state index contributed by atoms with van der Waals surface area (Å²) in [5.74, 6) is -0.0815. The highest BCUT2D eigenvalue weighted by molar-refractivity contribution is 6.33. The third kappa shape index (κ3) is 4.88. The maximum atomic E-state index is 14.7. The van der Waals surface area contributed by atoms with Gasteiger partial charge in [-0.1, -0.05) is 11.6 Å². The molecule has 2 aromatic heterocycles. The van der Waals surface area contributed by atoms with Gasteiger partial charge in [-0.3, -0.25) is 0 Å². The molecule has 2 aliphatic rings. The Labute approximate surface area is 202 Å². The fraction of sp³-hybridized carbons (Fsp3) is 0.542. The number of aromatic nitrogens is 4. The molecule has 34 heavy (non-hydrogen) atoms. The van der Waals surface area contributed by atoms with Crippen LogP contribution in [-0.2, 0) is 10.3 Å². The first-order valence-corrected chi connectivity index (χ1v) is 11.9. The molecule has 184 valence electrons. The summed E-state index contributed by atoms with van der Waals surface area (Å²) in [4.78, 5) is 12.3. The number of nitrogens with two attached hydrogens (primary N) is 1. The lowest BCUT2D eigenvalue weighted by Crippen LogP contribution is -2.31. The summed E-state index contributed by atoms with van der Waals surface area (Å²) in [6, 6.07) is 3.02. The van der Waals surface area contributed by atoms with Crippen LogP contribution in [0, 0.1) is 5.82 Å². The van der Waals surface area contributed by atoms with Gasteiger partial charge in [-0.05, 0) is 65.5 Å². The maximum Gasteiger partial charge on any atom is 0.220 e. The summed E-state index contributed by atoms with van der Waals surface area (Å²) in [5.41, 5.74) is 5.96. The van der Waals surface area contributed by atoms with Crippen molar-refractivity contribution in [1.29, 1.82) is 0 Å². The van der Waals surface area contributed by atoms with Gasteiger partial charge < -0.3 is 25.3 Å². The molecule has 4 heterocycles. The van der Waals surface area contributed by atoms with E-state index in [-0.39, 0.29) is 34.7 Å². The molecule has 2 bridgehead atoms. The number of anilines is 1. The van der Waals surface area contributed by atoms with E-state index in [9.17, 15) is 14.6 Å². The van der Waals surface area contributed by atoms with Crippen LogP contribution < -0.4 is 5.73 Å². The number of benzene rings is 1. The lowest BCUT2D eigenvalue weighted by atomic mass is 10.1. The second-order valence-corrected chi connectivity index (χ2v) is 10.1. The fourth-order valence-corrected chi connectivity index (χ4v) is 4.80. The minimum absolute atomic E-state index is 0.0352. The van der Waals surface area contributed by atoms with Crippen LogP contribution in [0.5, 0.6) is 0 Å². The minimum Gasteiger partial charge on any atom is -0.390 e. The highest BCUT2D eigenvalue weighted by Gasteiger charge is 2.35. The first-order valence-electron chi connectivity index (χ1n) is 11.5. The number of nitrogen functional groups attached to an aromatic ring is 1. The van der Waals surface area contributed by atoms with E-state index in [1.54, 1.807) is 24.5 Å². The van der Waals surface area contributed by atoms with E-state index in [1.165, 1.54) is 18.7 Å². The zero-order chi connectivity index (χ0) is 24.8. The zero-order valence-electron chi connectivity index (χ0n) is 19.8. The molecule has 4 N–H and O–H groups in total. The summed E-state index contributed by atoms with van der Waals surface area (Å²) < 4.78 is 22.0. The topological polar surface area (TPSA) is 119 Å². The van der Waals surface area contributed by atoms with Gasteiger partial charge in [0.25, 0.3) is 0 Å². The van der Waals surface area contributed by atoms with Gasteiger partial charge >= 0.3 is 0 Å². The van der Waals surface area contributed by atoms with Gasteiger partial charge in [-0.25, -0.2) is 19.3 Å². The van der Waals surface area contributed by atoms with Crippen LogP contribution >= 0.6 is 11.6 Å². The van der Waals surface area contributed by atoms with E-state index in [2.05, 4.69) is 15.0 Å². The minimum atomic E-state index is -1.22. The molecule has 1 unspecified atom stereocenters. The van der Waals surface area contributed by atoms with Crippen LogP contribution in [0.1, 0.15) is 65.2 Å². The van der Waals surface area contributed by atoms with Crippen molar-refractivity contribution in [3.8, 4) is 11.3 Å². The molecule has 2 aliphatic heterocycles. The second-order valence-electron chi connectivity index (χ2n) is 9.73. The standard InChI is InChI=1S/C17H19ClFN5O.C7H12O2/c1-8(2)24-12-6-9(13-10(18)7-21-16(20)23-13)5-11(19)14(12)22-15(24)17(3,4)25;8-6-3-1-5-2-4-7(6)9-5/h5-8,25H,1-4H3,(H2,20,21,23);5-8H,1-4H2/t;5-,6?,7+/m.1/s1. The Balaban J connectivity index is 0.000000252. The first kappa shape index (κ1) is 24.8. The van der Waals surface area contributed by atoms with Crippen LogP contribution in [0.3, 0.4) is 0 Å². The van der Waals surface area contributed by atoms with Crippen LogP contribution in [0.2, 0.25) is 5.02 Å². The zero-order valence-corrected chi connectivity index (χ0v) is 20.6. The van der Waals surface area contributed by atoms with E-state index < -0.39 is 11.4 Å². The first-order chi connectivity index (χ1) is 16.0. The Morgan fingerprint density at radius 3 is 2.56 bits per heavy atom. The van der Waals surface area contributed by atoms with Crippen molar-refractivity contribution < 1.29 is 19.3 Å². The maximum absolute atomic E-state index is 14.7. The van der Waals surface area contributed by atoms with Crippen LogP contribution in [0.4, 0.5) is 10.3 Å². The van der Waals surface area contributed by atoms with Gasteiger partial charge in [-0.15, -0.1) is 0 Å². The average Bonchev–Trinajstić information content (AvgIpc) is 3.35. The number of aliphatic hydroxyl groups is 2. The molecule has 0 amide bonds. The summed E-state index contributed by atoms with van der Waals surface area (Å²) in [7, 11) is 0. The number of rotatable bonds is 3. The Morgan fingerprint density at radius 1 is 1.21 bits per heavy atom. The Hall–Kier alpha value is -2.33. The quantitative estimate of drug-likeness (QED) is 0.497. The predicted octanol–water partition coefficient (Wildman–Crippen LogP) is 4.37. The van der Waals surface area contributed by atoms with Crippen molar-refractivity contribution in [2.75, 3.05) is 5.73 Å². The van der Waals surface area contributed by atoms with E-state index in [0.717, 1.165) is 19.3 Å². The third-order valence-corrected chi connectivity index (χ3v) is 6.48. The molecule has 0 saturated carbocycles. The molecular weight excluding hydrogens is 461 g/mol. The molecule has 2 fully saturated rings. The predicted molar refractivity (Wildman–Crippen MR) is 129 cm³/mol. The lowest BCUT2D eigenvalue weighted by Gasteiger charge is -2.24. The van der Waals surface area contributed by atoms with Gasteiger partial charge in [0.2, 0.25) is 5.95 Å². The molecule has 5 rings (SSSR count). The molecule has 3 aromatic rings. The Morgan fingerprint density at radius 2 is 1.91 bits per heavy atom. The second kappa shape index (κ2) is 9.37. The summed E-state index contributed by atoms with van der Waals surface area (Å²) >= 11 is 6.15. The van der Waals surface area contributed by atoms with Gasteiger partial charge in [0.05, 0.1) is 40.7 Å². The number of hydrogen-bond acceptors (Lipinski definition) is 7. The molecule has 0 spiro atoms. The number of ether oxygens (including phenoxy) is 1. The Bertz CT molecular complexity index is 1190. The van der Waals surface area contributed by atoms with Gasteiger partial charge in [0.15, 0.2) is 5.82 Å². The SMILES string of the molecule is CC(C)n1c(C(C)(C)O)nc2c(F)cc(-c3nc(N)ncc3Cl)cc21.OC1CC[C@@H]2CC[C@@H]1O2. The van der Waals surface area contributed by atoms with Crippen molar-refractivity contribution in [3.05, 3.63) is 35.0 Å². The molecule has 0 aliphatic carbocycles. The molecule has 10 heteroatoms. The number of halogens is 2. The van der Waals surface area contributed by atoms with Gasteiger partial charge in [0, 0.05) is 11.6 Å². The largest absolute Gasteiger partial charge is 0.390 e. The van der Waals surface area contributed by atoms with Crippen molar-refractivity contribution in [2.24, 2.45) is 0 Å². The molecule has 0 radical (unpaired) electrons. The van der Waals surface area contributed by atoms with Gasteiger partial charge in [0.1, 0.15) is 16.9 Å². The number of nitrogens with zero attached hydrogens (tertiary/aromatic N) is 4. The molecule has 1 aromatic carbocycles. The lowest BCUT2D eigenvalue weighted by molar-refractivity contribution is -0.0746. The Kier molecular flexibility index (Phi) is 6.83. The molecule has 2 saturated heterocycles. The molecular formula is C24H31ClFN5O3. The van der Waals surface area contributed by atoms with Crippen LogP contribution in [0.25, 0.3) is 22.3 Å². The number of fused-ring (bicyclic) bond motifs is 3. The molecule has 8 nitrogen and oxygen atoms in total. The van der Waals surface area contributed by atoms with Crippen molar-refractivity contribution >= 4 is 28.6 Å². The number of hydrogen-bond donors (Lipinski definition) is 3. The summed E-state index contributed by atoms with van der Waals surface area (Å²) in [6.07, 6.45) is 6.15. The van der Waals surface area contributed by atoms with Crippen LogP contribution in [0.15, 0.2) is 18.3 Å². The highest BCUT2D eigenvalue weighted by Crippen LogP contribution is 2.34. The van der Waals surface area contributed by atoms with Crippen molar-refractivity contribution in [3.63, 3.8) is 0 Å². The van der Waals surface area contributed by atoms with E-state index >= 15 is 0 Å². The average molecular weight is 492 g/mol. The summed E-state index contributed by atoms with van der Waals surface area (Å²) in [6.45, 7) is 7.12. The fourth-order valence-electron chi connectivity index (χ4n) is 4.60. The van der Waals surface area contributed by atoms with Gasteiger partial charge in [-0.2, -0.15) is 0 Å². The number of imidazole rings is 1. The normalized spacial score (nSPS) is 22.2. The smallest absolute Gasteiger partial charge is 0.220 e. The summed E-state index contributed by atoms with van der Waals surface area (Å²) in [5, 5.41) is 20.0. The van der Waals surface area contributed by atoms with Crippen molar-refractivity contribution in [1.82, 2.24) is 19.5 Å². The highest BCUT2D eigenvalue weighted by atomic mass is 35.5. The van der Waals surface area contributed by atoms with Crippen molar-refractivity contribution in [2.45, 2.75) is 83.3 Å². The third-order valence-electron chi connectivity index (χ3n) is 6.20. The van der Waals surface area contributed by atoms with E-state index in [0.29, 0.717) is 28.7 Å². The van der Waals surface area contributed by atoms with Crippen LogP contribution in [-0.4, -0.2) is 48.0 Å².